The third-order valence-corrected chi connectivity index (χ3v) is 3.39. The van der Waals surface area contributed by atoms with E-state index in [0.29, 0.717) is 12.3 Å². The lowest BCUT2D eigenvalue weighted by atomic mass is 10.2. The van der Waals surface area contributed by atoms with Gasteiger partial charge < -0.3 is 9.52 Å². The van der Waals surface area contributed by atoms with Crippen LogP contribution in [0, 0.1) is 0 Å². The van der Waals surface area contributed by atoms with E-state index in [0.717, 1.165) is 29.2 Å². The van der Waals surface area contributed by atoms with Gasteiger partial charge in [-0.3, -0.25) is 4.79 Å². The maximum atomic E-state index is 10.6. The average Bonchev–Trinajstić information content (AvgIpc) is 2.94. The SMILES string of the molecule is CCCc1nc(CCC(=O)O)c(-c2cccs2)o1. The minimum absolute atomic E-state index is 0.0798. The highest BCUT2D eigenvalue weighted by molar-refractivity contribution is 7.13. The highest BCUT2D eigenvalue weighted by Gasteiger charge is 2.16. The quantitative estimate of drug-likeness (QED) is 0.869. The van der Waals surface area contributed by atoms with Crippen molar-refractivity contribution in [1.29, 1.82) is 0 Å². The van der Waals surface area contributed by atoms with Gasteiger partial charge in [0.15, 0.2) is 11.7 Å². The van der Waals surface area contributed by atoms with Crippen molar-refractivity contribution in [2.45, 2.75) is 32.6 Å². The monoisotopic (exact) mass is 265 g/mol. The fourth-order valence-corrected chi connectivity index (χ4v) is 2.44. The van der Waals surface area contributed by atoms with Crippen LogP contribution in [0.3, 0.4) is 0 Å². The second-order valence-corrected chi connectivity index (χ2v) is 4.95. The Balaban J connectivity index is 2.27. The van der Waals surface area contributed by atoms with Gasteiger partial charge in [0.05, 0.1) is 17.0 Å². The fraction of sp³-hybridized carbons (Fsp3) is 0.385. The molecule has 0 amide bonds. The van der Waals surface area contributed by atoms with Crippen LogP contribution in [-0.2, 0) is 17.6 Å². The number of aliphatic carboxylic acids is 1. The lowest BCUT2D eigenvalue weighted by Gasteiger charge is -1.95. The lowest BCUT2D eigenvalue weighted by Crippen LogP contribution is -1.98. The molecule has 0 saturated heterocycles. The maximum absolute atomic E-state index is 10.6. The van der Waals surface area contributed by atoms with Gasteiger partial charge in [-0.1, -0.05) is 13.0 Å². The average molecular weight is 265 g/mol. The molecule has 0 aromatic carbocycles. The van der Waals surface area contributed by atoms with Crippen LogP contribution in [-0.4, -0.2) is 16.1 Å². The van der Waals surface area contributed by atoms with Gasteiger partial charge in [-0.2, -0.15) is 0 Å². The van der Waals surface area contributed by atoms with Crippen LogP contribution in [0.25, 0.3) is 10.6 Å². The van der Waals surface area contributed by atoms with E-state index in [2.05, 4.69) is 11.9 Å². The Bertz CT molecular complexity index is 516. The molecule has 5 heteroatoms. The molecule has 0 aliphatic rings. The lowest BCUT2D eigenvalue weighted by molar-refractivity contribution is -0.136. The first-order valence-electron chi connectivity index (χ1n) is 5.95. The zero-order chi connectivity index (χ0) is 13.0. The molecule has 1 N–H and O–H groups in total. The van der Waals surface area contributed by atoms with Crippen LogP contribution < -0.4 is 0 Å². The molecular weight excluding hydrogens is 250 g/mol. The number of carboxylic acids is 1. The molecule has 96 valence electrons. The van der Waals surface area contributed by atoms with E-state index in [1.807, 2.05) is 17.5 Å². The number of nitrogens with zero attached hydrogens (tertiary/aromatic N) is 1. The predicted octanol–water partition coefficient (Wildman–Crippen LogP) is 3.37. The van der Waals surface area contributed by atoms with Crippen LogP contribution in [0.15, 0.2) is 21.9 Å². The highest BCUT2D eigenvalue weighted by atomic mass is 32.1. The van der Waals surface area contributed by atoms with Gasteiger partial charge in [0.1, 0.15) is 0 Å². The van der Waals surface area contributed by atoms with Gasteiger partial charge in [0.2, 0.25) is 0 Å². The zero-order valence-corrected chi connectivity index (χ0v) is 11.0. The molecule has 2 rings (SSSR count). The Hall–Kier alpha value is -1.62. The Kier molecular flexibility index (Phi) is 4.15. The van der Waals surface area contributed by atoms with Crippen LogP contribution >= 0.6 is 11.3 Å². The van der Waals surface area contributed by atoms with E-state index in [9.17, 15) is 4.79 Å². The Labute approximate surface area is 109 Å². The molecular formula is C13H15NO3S. The summed E-state index contributed by atoms with van der Waals surface area (Å²) in [6, 6.07) is 3.91. The molecule has 0 bridgehead atoms. The molecule has 0 aliphatic heterocycles. The van der Waals surface area contributed by atoms with E-state index < -0.39 is 5.97 Å². The van der Waals surface area contributed by atoms with Crippen LogP contribution in [0.2, 0.25) is 0 Å². The molecule has 2 aromatic heterocycles. The number of carboxylic acid groups (broad SMARTS) is 1. The molecule has 0 unspecified atom stereocenters. The van der Waals surface area contributed by atoms with Gasteiger partial charge in [-0.25, -0.2) is 4.98 Å². The summed E-state index contributed by atoms with van der Waals surface area (Å²) >= 11 is 1.57. The number of hydrogen-bond acceptors (Lipinski definition) is 4. The first-order valence-corrected chi connectivity index (χ1v) is 6.83. The highest BCUT2D eigenvalue weighted by Crippen LogP contribution is 2.30. The Morgan fingerprint density at radius 2 is 2.33 bits per heavy atom. The van der Waals surface area contributed by atoms with Crippen molar-refractivity contribution in [3.05, 3.63) is 29.1 Å². The Morgan fingerprint density at radius 3 is 2.94 bits per heavy atom. The topological polar surface area (TPSA) is 63.3 Å². The summed E-state index contributed by atoms with van der Waals surface area (Å²) in [5.41, 5.74) is 0.753. The zero-order valence-electron chi connectivity index (χ0n) is 10.2. The van der Waals surface area contributed by atoms with E-state index in [4.69, 9.17) is 9.52 Å². The third-order valence-electron chi connectivity index (χ3n) is 2.53. The van der Waals surface area contributed by atoms with Crippen molar-refractivity contribution in [3.8, 4) is 10.6 Å². The minimum Gasteiger partial charge on any atom is -0.481 e. The standard InChI is InChI=1S/C13H15NO3S/c1-2-4-11-14-9(6-7-12(15)16)13(17-11)10-5-3-8-18-10/h3,5,8H,2,4,6-7H2,1H3,(H,15,16). The summed E-state index contributed by atoms with van der Waals surface area (Å²) in [6.07, 6.45) is 2.24. The molecule has 0 aliphatic carbocycles. The molecule has 0 fully saturated rings. The largest absolute Gasteiger partial charge is 0.481 e. The molecule has 0 saturated carbocycles. The van der Waals surface area contributed by atoms with Crippen LogP contribution in [0.4, 0.5) is 0 Å². The van der Waals surface area contributed by atoms with Crippen molar-refractivity contribution >= 4 is 17.3 Å². The molecule has 0 spiro atoms. The van der Waals surface area contributed by atoms with Crippen molar-refractivity contribution in [2.75, 3.05) is 0 Å². The van der Waals surface area contributed by atoms with Gasteiger partial charge in [0, 0.05) is 12.8 Å². The normalized spacial score (nSPS) is 10.7. The van der Waals surface area contributed by atoms with Crippen LogP contribution in [0.1, 0.15) is 31.4 Å². The summed E-state index contributed by atoms with van der Waals surface area (Å²) in [7, 11) is 0. The van der Waals surface area contributed by atoms with Gasteiger partial charge >= 0.3 is 5.97 Å². The van der Waals surface area contributed by atoms with Gasteiger partial charge in [-0.15, -0.1) is 11.3 Å². The minimum atomic E-state index is -0.813. The molecule has 2 aromatic rings. The number of thiophene rings is 1. The van der Waals surface area contributed by atoms with Crippen molar-refractivity contribution in [1.82, 2.24) is 4.98 Å². The number of rotatable bonds is 6. The van der Waals surface area contributed by atoms with Crippen molar-refractivity contribution < 1.29 is 14.3 Å². The maximum Gasteiger partial charge on any atom is 0.303 e. The first-order chi connectivity index (χ1) is 8.70. The summed E-state index contributed by atoms with van der Waals surface area (Å²) in [4.78, 5) is 16.1. The van der Waals surface area contributed by atoms with E-state index in [1.165, 1.54) is 0 Å². The number of aryl methyl sites for hydroxylation is 2. The number of aromatic nitrogens is 1. The first kappa shape index (κ1) is 12.8. The molecule has 18 heavy (non-hydrogen) atoms. The molecule has 0 atom stereocenters. The molecule has 4 nitrogen and oxygen atoms in total. The van der Waals surface area contributed by atoms with E-state index in [-0.39, 0.29) is 6.42 Å². The second kappa shape index (κ2) is 5.82. The summed E-state index contributed by atoms with van der Waals surface area (Å²) in [6.45, 7) is 2.06. The van der Waals surface area contributed by atoms with E-state index in [1.54, 1.807) is 11.3 Å². The molecule has 2 heterocycles. The number of carbonyl (C=O) groups is 1. The number of hydrogen-bond donors (Lipinski definition) is 1. The van der Waals surface area contributed by atoms with Crippen LogP contribution in [0.5, 0.6) is 0 Å². The van der Waals surface area contributed by atoms with E-state index >= 15 is 0 Å². The van der Waals surface area contributed by atoms with Gasteiger partial charge in [0.25, 0.3) is 0 Å². The van der Waals surface area contributed by atoms with Crippen molar-refractivity contribution in [2.24, 2.45) is 0 Å². The summed E-state index contributed by atoms with van der Waals surface area (Å²) in [5.74, 6) is 0.614. The predicted molar refractivity (Wildman–Crippen MR) is 69.8 cm³/mol. The smallest absolute Gasteiger partial charge is 0.303 e. The fourth-order valence-electron chi connectivity index (χ4n) is 1.72. The third kappa shape index (κ3) is 2.98. The Morgan fingerprint density at radius 1 is 1.50 bits per heavy atom. The van der Waals surface area contributed by atoms with Gasteiger partial charge in [-0.05, 0) is 17.9 Å². The van der Waals surface area contributed by atoms with Crippen molar-refractivity contribution in [3.63, 3.8) is 0 Å². The number of oxazole rings is 1. The molecule has 0 radical (unpaired) electrons. The summed E-state index contributed by atoms with van der Waals surface area (Å²) < 4.78 is 5.74. The summed E-state index contributed by atoms with van der Waals surface area (Å²) in [5, 5.41) is 10.7. The second-order valence-electron chi connectivity index (χ2n) is 4.00.